The number of hydrogen-bond donors (Lipinski definition) is 1. The van der Waals surface area contributed by atoms with E-state index in [-0.39, 0.29) is 0 Å². The summed E-state index contributed by atoms with van der Waals surface area (Å²) in [5.41, 5.74) is 4.03. The molecule has 0 aliphatic heterocycles. The van der Waals surface area contributed by atoms with Gasteiger partial charge in [-0.3, -0.25) is 4.98 Å². The average molecular weight is 373 g/mol. The van der Waals surface area contributed by atoms with E-state index in [1.54, 1.807) is 20.4 Å². The third kappa shape index (κ3) is 3.10. The largest absolute Gasteiger partial charge is 0.493 e. The van der Waals surface area contributed by atoms with Gasteiger partial charge in [0.15, 0.2) is 11.5 Å². The van der Waals surface area contributed by atoms with Crippen LogP contribution in [0.2, 0.25) is 0 Å². The van der Waals surface area contributed by atoms with E-state index in [1.807, 2.05) is 30.3 Å². The molecular weight excluding hydrogens is 356 g/mol. The summed E-state index contributed by atoms with van der Waals surface area (Å²) >= 11 is 3.49. The third-order valence-electron chi connectivity index (χ3n) is 3.70. The van der Waals surface area contributed by atoms with Gasteiger partial charge in [0.2, 0.25) is 0 Å². The number of nitrogens with zero attached hydrogens (tertiary/aromatic N) is 1. The van der Waals surface area contributed by atoms with E-state index in [0.717, 1.165) is 32.3 Å². The number of rotatable bonds is 4. The molecule has 0 radical (unpaired) electrons. The summed E-state index contributed by atoms with van der Waals surface area (Å²) in [6, 6.07) is 11.9. The smallest absolute Gasteiger partial charge is 0.162 e. The highest BCUT2D eigenvalue weighted by Gasteiger charge is 2.10. The van der Waals surface area contributed by atoms with Crippen LogP contribution in [0.25, 0.3) is 10.9 Å². The van der Waals surface area contributed by atoms with Gasteiger partial charge in [0.05, 0.1) is 19.7 Å². The molecule has 0 spiro atoms. The summed E-state index contributed by atoms with van der Waals surface area (Å²) in [4.78, 5) is 4.42. The van der Waals surface area contributed by atoms with Crippen molar-refractivity contribution in [3.05, 3.63) is 52.6 Å². The summed E-state index contributed by atoms with van der Waals surface area (Å²) in [5, 5.41) is 4.45. The lowest BCUT2D eigenvalue weighted by atomic mass is 10.1. The molecule has 0 aliphatic rings. The number of fused-ring (bicyclic) bond motifs is 1. The highest BCUT2D eigenvalue weighted by Crippen LogP contribution is 2.35. The van der Waals surface area contributed by atoms with Gasteiger partial charge < -0.3 is 14.8 Å². The Labute approximate surface area is 143 Å². The number of pyridine rings is 1. The van der Waals surface area contributed by atoms with Crippen LogP contribution in [0.4, 0.5) is 11.4 Å². The van der Waals surface area contributed by atoms with Crippen LogP contribution < -0.4 is 14.8 Å². The molecule has 0 amide bonds. The van der Waals surface area contributed by atoms with Crippen LogP contribution in [-0.4, -0.2) is 19.2 Å². The first kappa shape index (κ1) is 15.6. The molecular formula is C18H17BrN2O2. The quantitative estimate of drug-likeness (QED) is 0.694. The molecule has 118 valence electrons. The highest BCUT2D eigenvalue weighted by atomic mass is 79.9. The van der Waals surface area contributed by atoms with Crippen LogP contribution in [0.3, 0.4) is 0 Å². The zero-order chi connectivity index (χ0) is 16.4. The molecule has 2 aromatic carbocycles. The van der Waals surface area contributed by atoms with Crippen molar-refractivity contribution in [2.75, 3.05) is 19.5 Å². The van der Waals surface area contributed by atoms with Gasteiger partial charge in [-0.25, -0.2) is 0 Å². The second kappa shape index (κ2) is 6.46. The maximum absolute atomic E-state index is 5.40. The summed E-state index contributed by atoms with van der Waals surface area (Å²) in [6.45, 7) is 2.07. The van der Waals surface area contributed by atoms with Crippen LogP contribution in [0.15, 0.2) is 47.1 Å². The summed E-state index contributed by atoms with van der Waals surface area (Å²) in [5.74, 6) is 1.35. The second-order valence-electron chi connectivity index (χ2n) is 5.17. The van der Waals surface area contributed by atoms with E-state index in [0.29, 0.717) is 11.5 Å². The van der Waals surface area contributed by atoms with Gasteiger partial charge in [0.25, 0.3) is 0 Å². The molecule has 3 rings (SSSR count). The number of ether oxygens (including phenoxy) is 2. The van der Waals surface area contributed by atoms with Crippen LogP contribution in [-0.2, 0) is 0 Å². The molecule has 0 aliphatic carbocycles. The molecule has 1 N–H and O–H groups in total. The third-order valence-corrected chi connectivity index (χ3v) is 4.20. The Morgan fingerprint density at radius 3 is 2.39 bits per heavy atom. The first-order valence-corrected chi connectivity index (χ1v) is 7.95. The van der Waals surface area contributed by atoms with Gasteiger partial charge in [0.1, 0.15) is 0 Å². The molecule has 5 heteroatoms. The van der Waals surface area contributed by atoms with Crippen molar-refractivity contribution in [2.45, 2.75) is 6.92 Å². The number of halogens is 1. The van der Waals surface area contributed by atoms with E-state index < -0.39 is 0 Å². The van der Waals surface area contributed by atoms with Crippen molar-refractivity contribution in [3.63, 3.8) is 0 Å². The molecule has 0 unspecified atom stereocenters. The van der Waals surface area contributed by atoms with Gasteiger partial charge in [-0.2, -0.15) is 0 Å². The van der Waals surface area contributed by atoms with Crippen molar-refractivity contribution < 1.29 is 9.47 Å². The molecule has 0 saturated heterocycles. The fourth-order valence-electron chi connectivity index (χ4n) is 2.49. The number of aromatic nitrogens is 1. The Hall–Kier alpha value is -2.27. The van der Waals surface area contributed by atoms with E-state index in [2.05, 4.69) is 39.2 Å². The molecule has 4 nitrogen and oxygen atoms in total. The lowest BCUT2D eigenvalue weighted by molar-refractivity contribution is 0.356. The Bertz CT molecular complexity index is 865. The molecule has 3 aromatic rings. The Kier molecular flexibility index (Phi) is 4.39. The normalized spacial score (nSPS) is 10.6. The minimum absolute atomic E-state index is 0.671. The fourth-order valence-corrected chi connectivity index (χ4v) is 2.97. The van der Waals surface area contributed by atoms with Crippen molar-refractivity contribution in [3.8, 4) is 11.5 Å². The van der Waals surface area contributed by atoms with Crippen molar-refractivity contribution in [1.29, 1.82) is 0 Å². The number of anilines is 2. The van der Waals surface area contributed by atoms with E-state index in [4.69, 9.17) is 9.47 Å². The van der Waals surface area contributed by atoms with Crippen LogP contribution in [0.1, 0.15) is 5.56 Å². The van der Waals surface area contributed by atoms with Crippen molar-refractivity contribution in [2.24, 2.45) is 0 Å². The Balaban J connectivity index is 2.10. The standard InChI is InChI=1S/C18H17BrN2O2/c1-11-8-12(19)4-5-14(11)21-15-6-7-20-16-10-18(23-3)17(22-2)9-13(15)16/h4-10H,1-3H3,(H,20,21). The predicted octanol–water partition coefficient (Wildman–Crippen LogP) is 5.07. The van der Waals surface area contributed by atoms with Crippen LogP contribution in [0.5, 0.6) is 11.5 Å². The number of hydrogen-bond acceptors (Lipinski definition) is 4. The number of benzene rings is 2. The Morgan fingerprint density at radius 2 is 1.70 bits per heavy atom. The topological polar surface area (TPSA) is 43.4 Å². The van der Waals surface area contributed by atoms with Crippen LogP contribution >= 0.6 is 15.9 Å². The molecule has 0 fully saturated rings. The maximum atomic E-state index is 5.40. The molecule has 0 atom stereocenters. The zero-order valence-corrected chi connectivity index (χ0v) is 14.8. The molecule has 0 saturated carbocycles. The molecule has 0 bridgehead atoms. The number of nitrogens with one attached hydrogen (secondary N) is 1. The van der Waals surface area contributed by atoms with E-state index in [9.17, 15) is 0 Å². The predicted molar refractivity (Wildman–Crippen MR) is 97.0 cm³/mol. The SMILES string of the molecule is COc1cc2nccc(Nc3ccc(Br)cc3C)c2cc1OC. The zero-order valence-electron chi connectivity index (χ0n) is 13.2. The monoisotopic (exact) mass is 372 g/mol. The van der Waals surface area contributed by atoms with Gasteiger partial charge >= 0.3 is 0 Å². The summed E-state index contributed by atoms with van der Waals surface area (Å²) in [6.07, 6.45) is 1.78. The minimum atomic E-state index is 0.671. The second-order valence-corrected chi connectivity index (χ2v) is 6.08. The van der Waals surface area contributed by atoms with E-state index >= 15 is 0 Å². The first-order chi connectivity index (χ1) is 11.1. The molecule has 1 heterocycles. The fraction of sp³-hybridized carbons (Fsp3) is 0.167. The van der Waals surface area contributed by atoms with Gasteiger partial charge in [-0.05, 0) is 42.8 Å². The first-order valence-electron chi connectivity index (χ1n) is 7.16. The Morgan fingerprint density at radius 1 is 0.957 bits per heavy atom. The van der Waals surface area contributed by atoms with Crippen molar-refractivity contribution in [1.82, 2.24) is 4.98 Å². The summed E-state index contributed by atoms with van der Waals surface area (Å²) < 4.78 is 11.8. The number of methoxy groups -OCH3 is 2. The lowest BCUT2D eigenvalue weighted by Gasteiger charge is -2.14. The summed E-state index contributed by atoms with van der Waals surface area (Å²) in [7, 11) is 3.25. The lowest BCUT2D eigenvalue weighted by Crippen LogP contribution is -1.96. The van der Waals surface area contributed by atoms with Gasteiger partial charge in [-0.15, -0.1) is 0 Å². The maximum Gasteiger partial charge on any atom is 0.162 e. The van der Waals surface area contributed by atoms with Gasteiger partial charge in [-0.1, -0.05) is 15.9 Å². The minimum Gasteiger partial charge on any atom is -0.493 e. The highest BCUT2D eigenvalue weighted by molar-refractivity contribution is 9.10. The average Bonchev–Trinajstić information content (AvgIpc) is 2.56. The van der Waals surface area contributed by atoms with Crippen molar-refractivity contribution >= 4 is 38.2 Å². The molecule has 1 aromatic heterocycles. The van der Waals surface area contributed by atoms with Gasteiger partial charge in [0, 0.05) is 33.5 Å². The molecule has 23 heavy (non-hydrogen) atoms. The van der Waals surface area contributed by atoms with Crippen LogP contribution in [0, 0.1) is 6.92 Å². The van der Waals surface area contributed by atoms with E-state index in [1.165, 1.54) is 0 Å². The number of aryl methyl sites for hydroxylation is 1.